The van der Waals surface area contributed by atoms with Crippen LogP contribution in [0, 0.1) is 5.92 Å². The molecular formula is C9H12BrN3O. The molecule has 2 atom stereocenters. The number of aliphatic hydroxyl groups is 1. The van der Waals surface area contributed by atoms with Crippen LogP contribution in [0.15, 0.2) is 16.9 Å². The van der Waals surface area contributed by atoms with Gasteiger partial charge in [-0.25, -0.2) is 9.97 Å². The molecule has 14 heavy (non-hydrogen) atoms. The summed E-state index contributed by atoms with van der Waals surface area (Å²) in [6.45, 7) is 3.48. The average Bonchev–Trinajstić information content (AvgIpc) is 2.48. The lowest BCUT2D eigenvalue weighted by Crippen LogP contribution is -2.23. The van der Waals surface area contributed by atoms with Gasteiger partial charge in [-0.1, -0.05) is 6.92 Å². The van der Waals surface area contributed by atoms with E-state index in [1.807, 2.05) is 11.8 Å². The highest BCUT2D eigenvalue weighted by Crippen LogP contribution is 2.20. The number of hydrogen-bond acceptors (Lipinski definition) is 4. The second-order valence-corrected chi connectivity index (χ2v) is 4.57. The summed E-state index contributed by atoms with van der Waals surface area (Å²) >= 11 is 3.28. The van der Waals surface area contributed by atoms with Gasteiger partial charge in [-0.15, -0.1) is 0 Å². The number of aromatic nitrogens is 2. The first-order valence-corrected chi connectivity index (χ1v) is 5.36. The van der Waals surface area contributed by atoms with Gasteiger partial charge in [0.2, 0.25) is 5.95 Å². The van der Waals surface area contributed by atoms with Crippen molar-refractivity contribution in [2.45, 2.75) is 13.0 Å². The first-order valence-electron chi connectivity index (χ1n) is 4.57. The highest BCUT2D eigenvalue weighted by molar-refractivity contribution is 9.10. The monoisotopic (exact) mass is 257 g/mol. The Labute approximate surface area is 91.1 Å². The maximum absolute atomic E-state index is 9.58. The number of anilines is 1. The highest BCUT2D eigenvalue weighted by atomic mass is 79.9. The van der Waals surface area contributed by atoms with E-state index >= 15 is 0 Å². The smallest absolute Gasteiger partial charge is 0.225 e. The Hall–Kier alpha value is -0.680. The third-order valence-corrected chi connectivity index (χ3v) is 2.87. The van der Waals surface area contributed by atoms with Crippen LogP contribution in [-0.2, 0) is 0 Å². The second-order valence-electron chi connectivity index (χ2n) is 3.65. The van der Waals surface area contributed by atoms with Gasteiger partial charge in [-0.3, -0.25) is 0 Å². The number of halogens is 1. The van der Waals surface area contributed by atoms with Crippen molar-refractivity contribution < 1.29 is 5.11 Å². The quantitative estimate of drug-likeness (QED) is 0.818. The molecule has 4 nitrogen and oxygen atoms in total. The summed E-state index contributed by atoms with van der Waals surface area (Å²) in [5.74, 6) is 0.985. The van der Waals surface area contributed by atoms with E-state index in [0.717, 1.165) is 11.0 Å². The number of hydrogen-bond donors (Lipinski definition) is 1. The highest BCUT2D eigenvalue weighted by Gasteiger charge is 2.29. The maximum Gasteiger partial charge on any atom is 0.225 e. The zero-order valence-electron chi connectivity index (χ0n) is 7.89. The van der Waals surface area contributed by atoms with Crippen LogP contribution in [0.4, 0.5) is 5.95 Å². The number of rotatable bonds is 1. The predicted molar refractivity (Wildman–Crippen MR) is 57.1 cm³/mol. The molecule has 1 aromatic rings. The van der Waals surface area contributed by atoms with Crippen molar-refractivity contribution in [1.29, 1.82) is 0 Å². The molecule has 0 aliphatic carbocycles. The van der Waals surface area contributed by atoms with Crippen molar-refractivity contribution in [3.8, 4) is 0 Å². The molecule has 0 spiro atoms. The Kier molecular flexibility index (Phi) is 2.69. The fourth-order valence-electron chi connectivity index (χ4n) is 1.58. The molecule has 1 aromatic heterocycles. The first-order chi connectivity index (χ1) is 6.66. The van der Waals surface area contributed by atoms with E-state index in [1.54, 1.807) is 12.4 Å². The molecule has 1 aliphatic heterocycles. The zero-order valence-corrected chi connectivity index (χ0v) is 9.48. The van der Waals surface area contributed by atoms with E-state index < -0.39 is 0 Å². The molecule has 0 bridgehead atoms. The second kappa shape index (κ2) is 3.82. The molecule has 5 heteroatoms. The third kappa shape index (κ3) is 1.88. The van der Waals surface area contributed by atoms with Crippen LogP contribution in [0.1, 0.15) is 6.92 Å². The van der Waals surface area contributed by atoms with Crippen LogP contribution in [0.3, 0.4) is 0 Å². The molecule has 0 saturated carbocycles. The molecule has 0 aromatic carbocycles. The Morgan fingerprint density at radius 1 is 1.43 bits per heavy atom. The minimum atomic E-state index is -0.262. The summed E-state index contributed by atoms with van der Waals surface area (Å²) in [6.07, 6.45) is 3.18. The molecule has 0 amide bonds. The Morgan fingerprint density at radius 2 is 2.07 bits per heavy atom. The molecule has 2 rings (SSSR count). The Morgan fingerprint density at radius 3 is 2.57 bits per heavy atom. The molecule has 1 saturated heterocycles. The van der Waals surface area contributed by atoms with Crippen LogP contribution < -0.4 is 4.90 Å². The molecular weight excluding hydrogens is 246 g/mol. The van der Waals surface area contributed by atoms with Crippen LogP contribution in [0.2, 0.25) is 0 Å². The number of aliphatic hydroxyl groups excluding tert-OH is 1. The van der Waals surface area contributed by atoms with Crippen LogP contribution >= 0.6 is 15.9 Å². The van der Waals surface area contributed by atoms with E-state index in [0.29, 0.717) is 18.4 Å². The van der Waals surface area contributed by atoms with E-state index in [-0.39, 0.29) is 6.10 Å². The summed E-state index contributed by atoms with van der Waals surface area (Å²) < 4.78 is 0.869. The summed E-state index contributed by atoms with van der Waals surface area (Å²) in [4.78, 5) is 10.4. The lowest BCUT2D eigenvalue weighted by atomic mass is 10.1. The molecule has 2 heterocycles. The molecule has 1 aliphatic rings. The van der Waals surface area contributed by atoms with Gasteiger partial charge >= 0.3 is 0 Å². The topological polar surface area (TPSA) is 49.2 Å². The van der Waals surface area contributed by atoms with Crippen LogP contribution in [0.25, 0.3) is 0 Å². The van der Waals surface area contributed by atoms with Crippen molar-refractivity contribution in [2.24, 2.45) is 5.92 Å². The van der Waals surface area contributed by atoms with Crippen molar-refractivity contribution in [1.82, 2.24) is 9.97 Å². The van der Waals surface area contributed by atoms with E-state index in [1.165, 1.54) is 0 Å². The summed E-state index contributed by atoms with van der Waals surface area (Å²) in [5, 5.41) is 9.58. The molecule has 0 radical (unpaired) electrons. The number of nitrogens with zero attached hydrogens (tertiary/aromatic N) is 3. The summed E-state index contributed by atoms with van der Waals surface area (Å²) in [6, 6.07) is 0. The van der Waals surface area contributed by atoms with Crippen LogP contribution in [0.5, 0.6) is 0 Å². The predicted octanol–water partition coefficient (Wildman–Crippen LogP) is 1.06. The van der Waals surface area contributed by atoms with Gasteiger partial charge in [0, 0.05) is 31.4 Å². The minimum Gasteiger partial charge on any atom is -0.391 e. The SMILES string of the molecule is CC1CN(c2ncc(Br)cn2)CC1O. The molecule has 76 valence electrons. The Bertz CT molecular complexity index is 306. The van der Waals surface area contributed by atoms with Gasteiger partial charge in [0.15, 0.2) is 0 Å². The fraction of sp³-hybridized carbons (Fsp3) is 0.556. The maximum atomic E-state index is 9.58. The van der Waals surface area contributed by atoms with Gasteiger partial charge < -0.3 is 10.0 Å². The summed E-state index contributed by atoms with van der Waals surface area (Å²) in [5.41, 5.74) is 0. The molecule has 1 fully saturated rings. The molecule has 2 unspecified atom stereocenters. The Balaban J connectivity index is 2.13. The fourth-order valence-corrected chi connectivity index (χ4v) is 1.79. The van der Waals surface area contributed by atoms with E-state index in [4.69, 9.17) is 0 Å². The van der Waals surface area contributed by atoms with Gasteiger partial charge in [0.05, 0.1) is 10.6 Å². The standard InChI is InChI=1S/C9H12BrN3O/c1-6-4-13(5-8(6)14)9-11-2-7(10)3-12-9/h2-3,6,8,14H,4-5H2,1H3. The van der Waals surface area contributed by atoms with Gasteiger partial charge in [0.25, 0.3) is 0 Å². The summed E-state index contributed by atoms with van der Waals surface area (Å²) in [7, 11) is 0. The first kappa shape index (κ1) is 9.86. The third-order valence-electron chi connectivity index (χ3n) is 2.46. The van der Waals surface area contributed by atoms with Crippen molar-refractivity contribution >= 4 is 21.9 Å². The van der Waals surface area contributed by atoms with Gasteiger partial charge in [-0.2, -0.15) is 0 Å². The average molecular weight is 258 g/mol. The largest absolute Gasteiger partial charge is 0.391 e. The van der Waals surface area contributed by atoms with Crippen molar-refractivity contribution in [3.63, 3.8) is 0 Å². The minimum absolute atomic E-state index is 0.262. The van der Waals surface area contributed by atoms with Crippen molar-refractivity contribution in [3.05, 3.63) is 16.9 Å². The normalized spacial score (nSPS) is 26.9. The van der Waals surface area contributed by atoms with E-state index in [2.05, 4.69) is 25.9 Å². The van der Waals surface area contributed by atoms with Crippen LogP contribution in [-0.4, -0.2) is 34.3 Å². The zero-order chi connectivity index (χ0) is 10.1. The van der Waals surface area contributed by atoms with E-state index in [9.17, 15) is 5.11 Å². The van der Waals surface area contributed by atoms with Crippen molar-refractivity contribution in [2.75, 3.05) is 18.0 Å². The van der Waals surface area contributed by atoms with Gasteiger partial charge in [0.1, 0.15) is 0 Å². The molecule has 1 N–H and O–H groups in total. The van der Waals surface area contributed by atoms with Gasteiger partial charge in [-0.05, 0) is 15.9 Å². The lowest BCUT2D eigenvalue weighted by molar-refractivity contribution is 0.157. The number of β-amino-alcohol motifs (C(OH)–C–C–N with tert-alkyl or cyclic N) is 1. The lowest BCUT2D eigenvalue weighted by Gasteiger charge is -2.14.